The maximum atomic E-state index is 12.1. The highest BCUT2D eigenvalue weighted by Crippen LogP contribution is 2.26. The molecule has 0 bridgehead atoms. The Hall–Kier alpha value is -1.92. The van der Waals surface area contributed by atoms with Gasteiger partial charge < -0.3 is 19.7 Å². The minimum atomic E-state index is -1.33. The van der Waals surface area contributed by atoms with Crippen molar-refractivity contribution in [1.82, 2.24) is 0 Å². The molecule has 0 radical (unpaired) electrons. The second-order valence-electron chi connectivity index (χ2n) is 7.75. The van der Waals surface area contributed by atoms with Crippen LogP contribution < -0.4 is 0 Å². The zero-order valence-corrected chi connectivity index (χ0v) is 17.7. The highest BCUT2D eigenvalue weighted by Gasteiger charge is 2.30. The van der Waals surface area contributed by atoms with Gasteiger partial charge in [0.15, 0.2) is 0 Å². The number of esters is 2. The summed E-state index contributed by atoms with van der Waals surface area (Å²) in [7, 11) is 2.67. The van der Waals surface area contributed by atoms with Crippen LogP contribution in [0.1, 0.15) is 59.3 Å². The van der Waals surface area contributed by atoms with Crippen molar-refractivity contribution in [2.24, 2.45) is 5.92 Å². The second kappa shape index (κ2) is 11.2. The summed E-state index contributed by atoms with van der Waals surface area (Å²) < 4.78 is 9.73. The zero-order chi connectivity index (χ0) is 21.3. The van der Waals surface area contributed by atoms with Gasteiger partial charge in [-0.2, -0.15) is 0 Å². The smallest absolute Gasteiger partial charge is 0.333 e. The third kappa shape index (κ3) is 7.24. The van der Waals surface area contributed by atoms with Crippen LogP contribution in [0.4, 0.5) is 0 Å². The molecule has 1 aliphatic rings. The Labute approximate surface area is 167 Å². The van der Waals surface area contributed by atoms with Gasteiger partial charge in [-0.05, 0) is 51.4 Å². The van der Waals surface area contributed by atoms with E-state index in [1.807, 2.05) is 6.08 Å². The number of aliphatic hydroxyl groups is 2. The molecule has 0 heterocycles. The topological polar surface area (TPSA) is 93.1 Å². The van der Waals surface area contributed by atoms with Gasteiger partial charge in [-0.1, -0.05) is 37.6 Å². The maximum Gasteiger partial charge on any atom is 0.333 e. The Morgan fingerprint density at radius 3 is 2.25 bits per heavy atom. The first-order valence-corrected chi connectivity index (χ1v) is 9.78. The minimum Gasteiger partial charge on any atom is -0.466 e. The fraction of sp³-hybridized carbons (Fsp3) is 0.636. The monoisotopic (exact) mass is 394 g/mol. The van der Waals surface area contributed by atoms with Crippen molar-refractivity contribution in [3.05, 3.63) is 34.9 Å². The quantitative estimate of drug-likeness (QED) is 0.714. The van der Waals surface area contributed by atoms with Gasteiger partial charge in [0, 0.05) is 11.1 Å². The van der Waals surface area contributed by atoms with Crippen LogP contribution in [0, 0.1) is 5.92 Å². The molecule has 6 heteroatoms. The van der Waals surface area contributed by atoms with Crippen LogP contribution in [-0.4, -0.2) is 48.1 Å². The number of rotatable bonds is 3. The lowest BCUT2D eigenvalue weighted by molar-refractivity contribution is -0.137. The average molecular weight is 395 g/mol. The van der Waals surface area contributed by atoms with Gasteiger partial charge in [-0.25, -0.2) is 9.59 Å². The van der Waals surface area contributed by atoms with E-state index in [0.29, 0.717) is 43.3 Å². The van der Waals surface area contributed by atoms with Crippen molar-refractivity contribution in [3.8, 4) is 0 Å². The molecule has 0 unspecified atom stereocenters. The van der Waals surface area contributed by atoms with Gasteiger partial charge in [0.25, 0.3) is 0 Å². The van der Waals surface area contributed by atoms with Crippen LogP contribution in [0.25, 0.3) is 0 Å². The Bertz CT molecular complexity index is 639. The van der Waals surface area contributed by atoms with Crippen molar-refractivity contribution >= 4 is 11.9 Å². The van der Waals surface area contributed by atoms with E-state index in [2.05, 4.69) is 13.8 Å². The Balaban J connectivity index is 3.29. The maximum absolute atomic E-state index is 12.1. The first-order valence-electron chi connectivity index (χ1n) is 9.78. The molecule has 2 N–H and O–H groups in total. The number of aliphatic hydroxyl groups excluding tert-OH is 1. The number of carbonyl (C=O) groups excluding carboxylic acids is 2. The molecule has 1 rings (SSSR count). The molecule has 1 aliphatic carbocycles. The predicted octanol–water partition coefficient (Wildman–Crippen LogP) is 3.23. The summed E-state index contributed by atoms with van der Waals surface area (Å²) in [5.74, 6) is -0.595. The molecule has 0 saturated heterocycles. The molecule has 0 saturated carbocycles. The molecular formula is C22H34O6. The van der Waals surface area contributed by atoms with E-state index in [1.165, 1.54) is 14.2 Å². The van der Waals surface area contributed by atoms with Gasteiger partial charge in [0.1, 0.15) is 0 Å². The third-order valence-corrected chi connectivity index (χ3v) is 5.26. The molecule has 0 spiro atoms. The van der Waals surface area contributed by atoms with Crippen LogP contribution in [-0.2, 0) is 19.1 Å². The van der Waals surface area contributed by atoms with E-state index in [0.717, 1.165) is 5.57 Å². The van der Waals surface area contributed by atoms with Crippen molar-refractivity contribution in [3.63, 3.8) is 0 Å². The number of hydrogen-bond donors (Lipinski definition) is 2. The van der Waals surface area contributed by atoms with Gasteiger partial charge in [0.05, 0.1) is 25.9 Å². The summed E-state index contributed by atoms with van der Waals surface area (Å²) in [4.78, 5) is 24.2. The van der Waals surface area contributed by atoms with Crippen molar-refractivity contribution in [2.45, 2.75) is 71.0 Å². The van der Waals surface area contributed by atoms with Crippen LogP contribution >= 0.6 is 0 Å². The molecule has 2 atom stereocenters. The second-order valence-corrected chi connectivity index (χ2v) is 7.75. The number of carbonyl (C=O) groups is 2. The first-order chi connectivity index (χ1) is 13.1. The number of allylic oxidation sites excluding steroid dienone is 4. The first kappa shape index (κ1) is 24.1. The highest BCUT2D eigenvalue weighted by molar-refractivity contribution is 5.89. The standard InChI is InChI=1S/C22H34O6/c1-15(2)16-8-10-17(20(24)27-4)7-6-14-22(3,26)19(23)13-12-18(11-9-16)21(25)28-5/h7,9,11,15,19,23,26H,6,8,10,12-14H2,1-5H3/b16-9+,17-7-,18-11-/t19-,22+/m1/s1. The van der Waals surface area contributed by atoms with Crippen molar-refractivity contribution < 1.29 is 29.3 Å². The fourth-order valence-electron chi connectivity index (χ4n) is 3.16. The SMILES string of the molecule is COC(=O)/C1=C\CC[C@](C)(O)[C@H](O)CC/C(C(=O)OC)=C/C=C(/C(C)C)CC1. The summed E-state index contributed by atoms with van der Waals surface area (Å²) in [5, 5.41) is 21.0. The van der Waals surface area contributed by atoms with Crippen molar-refractivity contribution in [1.29, 1.82) is 0 Å². The molecule has 158 valence electrons. The summed E-state index contributed by atoms with van der Waals surface area (Å²) in [6, 6.07) is 0. The predicted molar refractivity (Wildman–Crippen MR) is 107 cm³/mol. The fourth-order valence-corrected chi connectivity index (χ4v) is 3.16. The van der Waals surface area contributed by atoms with Gasteiger partial charge in [-0.3, -0.25) is 0 Å². The van der Waals surface area contributed by atoms with Gasteiger partial charge >= 0.3 is 11.9 Å². The number of hydrogen-bond acceptors (Lipinski definition) is 6. The molecular weight excluding hydrogens is 360 g/mol. The van der Waals surface area contributed by atoms with E-state index in [4.69, 9.17) is 9.47 Å². The van der Waals surface area contributed by atoms with E-state index in [1.54, 1.807) is 19.1 Å². The number of methoxy groups -OCH3 is 2. The lowest BCUT2D eigenvalue weighted by Crippen LogP contribution is -2.39. The van der Waals surface area contributed by atoms with E-state index >= 15 is 0 Å². The lowest BCUT2D eigenvalue weighted by Gasteiger charge is -2.29. The van der Waals surface area contributed by atoms with E-state index in [9.17, 15) is 19.8 Å². The van der Waals surface area contributed by atoms with Gasteiger partial charge in [-0.15, -0.1) is 0 Å². The Morgan fingerprint density at radius 1 is 1.07 bits per heavy atom. The summed E-state index contributed by atoms with van der Waals surface area (Å²) in [6.45, 7) is 5.68. The van der Waals surface area contributed by atoms with Gasteiger partial charge in [0.2, 0.25) is 0 Å². The van der Waals surface area contributed by atoms with Crippen LogP contribution in [0.5, 0.6) is 0 Å². The highest BCUT2D eigenvalue weighted by atomic mass is 16.5. The largest absolute Gasteiger partial charge is 0.466 e. The summed E-state index contributed by atoms with van der Waals surface area (Å²) in [6.07, 6.45) is 6.80. The summed E-state index contributed by atoms with van der Waals surface area (Å²) >= 11 is 0. The molecule has 28 heavy (non-hydrogen) atoms. The number of ether oxygens (including phenoxy) is 2. The third-order valence-electron chi connectivity index (χ3n) is 5.26. The van der Waals surface area contributed by atoms with E-state index < -0.39 is 17.7 Å². The normalized spacial score (nSPS) is 30.7. The molecule has 0 fully saturated rings. The van der Waals surface area contributed by atoms with E-state index in [-0.39, 0.29) is 18.3 Å². The van der Waals surface area contributed by atoms with Crippen LogP contribution in [0.3, 0.4) is 0 Å². The zero-order valence-electron chi connectivity index (χ0n) is 17.7. The Kier molecular flexibility index (Phi) is 9.62. The summed E-state index contributed by atoms with van der Waals surface area (Å²) in [5.41, 5.74) is 0.757. The minimum absolute atomic E-state index is 0.229. The average Bonchev–Trinajstić information content (AvgIpc) is 2.65. The molecule has 0 aromatic rings. The molecule has 0 aliphatic heterocycles. The molecule has 0 amide bonds. The van der Waals surface area contributed by atoms with Crippen molar-refractivity contribution in [2.75, 3.05) is 14.2 Å². The molecule has 6 nitrogen and oxygen atoms in total. The lowest BCUT2D eigenvalue weighted by atomic mass is 9.88. The molecule has 0 aromatic heterocycles. The Morgan fingerprint density at radius 2 is 1.68 bits per heavy atom. The van der Waals surface area contributed by atoms with Crippen LogP contribution in [0.15, 0.2) is 34.9 Å². The molecule has 0 aromatic carbocycles. The van der Waals surface area contributed by atoms with Crippen LogP contribution in [0.2, 0.25) is 0 Å².